The molecule has 0 amide bonds. The summed E-state index contributed by atoms with van der Waals surface area (Å²) in [5.74, 6) is 0.365. The summed E-state index contributed by atoms with van der Waals surface area (Å²) in [7, 11) is -3.21. The van der Waals surface area contributed by atoms with Gasteiger partial charge in [0.25, 0.3) is 0 Å². The van der Waals surface area contributed by atoms with Gasteiger partial charge < -0.3 is 10.6 Å². The predicted octanol–water partition coefficient (Wildman–Crippen LogP) is 2.31. The average Bonchev–Trinajstić information content (AvgIpc) is 2.54. The van der Waals surface area contributed by atoms with E-state index in [2.05, 4.69) is 20.3 Å². The van der Waals surface area contributed by atoms with Crippen LogP contribution in [0.5, 0.6) is 0 Å². The highest BCUT2D eigenvalue weighted by Gasteiger charge is 2.10. The SMILES string of the molecule is CCNC(=NCCNS(=O)(=O)CC)NC(C)c1ccc(C)c(F)c1.I. The Morgan fingerprint density at radius 1 is 1.32 bits per heavy atom. The molecule has 6 nitrogen and oxygen atoms in total. The molecule has 0 heterocycles. The van der Waals surface area contributed by atoms with E-state index in [4.69, 9.17) is 0 Å². The first-order valence-corrected chi connectivity index (χ1v) is 9.72. The number of benzene rings is 1. The lowest BCUT2D eigenvalue weighted by molar-refractivity contribution is 0.583. The van der Waals surface area contributed by atoms with Crippen LogP contribution in [0.15, 0.2) is 23.2 Å². The molecule has 0 saturated carbocycles. The van der Waals surface area contributed by atoms with Gasteiger partial charge in [-0.3, -0.25) is 4.99 Å². The standard InChI is InChI=1S/C16H27FN4O2S.HI/c1-5-18-16(19-9-10-20-24(22,23)6-2)21-13(4)14-8-7-12(3)15(17)11-14;/h7-8,11,13,20H,5-6,9-10H2,1-4H3,(H2,18,19,21);1H. The zero-order chi connectivity index (χ0) is 18.2. The number of aryl methyl sites for hydroxylation is 1. The Bertz CT molecular complexity index is 668. The maximum atomic E-state index is 13.7. The van der Waals surface area contributed by atoms with Gasteiger partial charge in [0.15, 0.2) is 5.96 Å². The highest BCUT2D eigenvalue weighted by molar-refractivity contribution is 14.0. The van der Waals surface area contributed by atoms with E-state index < -0.39 is 10.0 Å². The number of hydrogen-bond donors (Lipinski definition) is 3. The quantitative estimate of drug-likeness (QED) is 0.228. The van der Waals surface area contributed by atoms with E-state index in [-0.39, 0.29) is 48.1 Å². The van der Waals surface area contributed by atoms with Crippen LogP contribution in [0, 0.1) is 12.7 Å². The first-order valence-electron chi connectivity index (χ1n) is 8.07. The molecular formula is C16H28FIN4O2S. The zero-order valence-corrected chi connectivity index (χ0v) is 18.2. The average molecular weight is 486 g/mol. The van der Waals surface area contributed by atoms with E-state index in [1.54, 1.807) is 19.9 Å². The van der Waals surface area contributed by atoms with Crippen LogP contribution in [0.4, 0.5) is 4.39 Å². The Morgan fingerprint density at radius 3 is 2.56 bits per heavy atom. The van der Waals surface area contributed by atoms with Gasteiger partial charge in [-0.05, 0) is 44.9 Å². The molecule has 0 radical (unpaired) electrons. The molecule has 144 valence electrons. The van der Waals surface area contributed by atoms with Crippen LogP contribution < -0.4 is 15.4 Å². The fraction of sp³-hybridized carbons (Fsp3) is 0.562. The lowest BCUT2D eigenvalue weighted by Gasteiger charge is -2.18. The van der Waals surface area contributed by atoms with E-state index in [9.17, 15) is 12.8 Å². The number of nitrogens with one attached hydrogen (secondary N) is 3. The van der Waals surface area contributed by atoms with Gasteiger partial charge in [-0.15, -0.1) is 24.0 Å². The molecule has 25 heavy (non-hydrogen) atoms. The molecule has 0 saturated heterocycles. The normalized spacial score (nSPS) is 13.1. The van der Waals surface area contributed by atoms with Crippen molar-refractivity contribution in [3.05, 3.63) is 35.1 Å². The van der Waals surface area contributed by atoms with Gasteiger partial charge in [0.1, 0.15) is 5.82 Å². The largest absolute Gasteiger partial charge is 0.357 e. The maximum absolute atomic E-state index is 13.7. The third-order valence-electron chi connectivity index (χ3n) is 3.48. The number of guanidine groups is 1. The van der Waals surface area contributed by atoms with Crippen molar-refractivity contribution in [3.63, 3.8) is 0 Å². The van der Waals surface area contributed by atoms with E-state index in [1.165, 1.54) is 6.07 Å². The monoisotopic (exact) mass is 486 g/mol. The highest BCUT2D eigenvalue weighted by Crippen LogP contribution is 2.16. The summed E-state index contributed by atoms with van der Waals surface area (Å²) in [5, 5.41) is 6.28. The minimum atomic E-state index is -3.21. The molecule has 0 aliphatic heterocycles. The molecule has 1 atom stereocenters. The summed E-state index contributed by atoms with van der Waals surface area (Å²) >= 11 is 0. The lowest BCUT2D eigenvalue weighted by Crippen LogP contribution is -2.39. The van der Waals surface area contributed by atoms with Gasteiger partial charge in [0, 0.05) is 13.1 Å². The molecule has 0 bridgehead atoms. The number of hydrogen-bond acceptors (Lipinski definition) is 3. The topological polar surface area (TPSA) is 82.6 Å². The van der Waals surface area contributed by atoms with E-state index >= 15 is 0 Å². The number of rotatable bonds is 8. The van der Waals surface area contributed by atoms with Crippen molar-refractivity contribution in [2.45, 2.75) is 33.7 Å². The summed E-state index contributed by atoms with van der Waals surface area (Å²) in [6.07, 6.45) is 0. The molecule has 0 fully saturated rings. The Hall–Kier alpha value is -0.940. The Morgan fingerprint density at radius 2 is 2.00 bits per heavy atom. The maximum Gasteiger partial charge on any atom is 0.211 e. The van der Waals surface area contributed by atoms with Crippen molar-refractivity contribution in [3.8, 4) is 0 Å². The highest BCUT2D eigenvalue weighted by atomic mass is 127. The molecule has 0 spiro atoms. The Labute approximate surface area is 167 Å². The fourth-order valence-electron chi connectivity index (χ4n) is 1.96. The summed E-state index contributed by atoms with van der Waals surface area (Å²) in [4.78, 5) is 4.33. The van der Waals surface area contributed by atoms with Gasteiger partial charge in [0.05, 0.1) is 18.3 Å². The summed E-state index contributed by atoms with van der Waals surface area (Å²) in [6.45, 7) is 8.37. The third-order valence-corrected chi connectivity index (χ3v) is 4.88. The van der Waals surface area contributed by atoms with Crippen LogP contribution in [0.1, 0.15) is 37.9 Å². The van der Waals surface area contributed by atoms with E-state index in [1.807, 2.05) is 19.9 Å². The third kappa shape index (κ3) is 8.82. The zero-order valence-electron chi connectivity index (χ0n) is 15.1. The van der Waals surface area contributed by atoms with Gasteiger partial charge >= 0.3 is 0 Å². The molecule has 0 aromatic heterocycles. The second-order valence-electron chi connectivity index (χ2n) is 5.43. The van der Waals surface area contributed by atoms with Crippen LogP contribution >= 0.6 is 24.0 Å². The summed E-state index contributed by atoms with van der Waals surface area (Å²) in [5.41, 5.74) is 1.42. The van der Waals surface area contributed by atoms with Crippen molar-refractivity contribution in [1.29, 1.82) is 0 Å². The molecule has 1 rings (SSSR count). The van der Waals surface area contributed by atoms with Crippen molar-refractivity contribution >= 4 is 40.0 Å². The second kappa shape index (κ2) is 11.6. The molecule has 1 unspecified atom stereocenters. The van der Waals surface area contributed by atoms with Gasteiger partial charge in [-0.2, -0.15) is 0 Å². The van der Waals surface area contributed by atoms with Gasteiger partial charge in [0.2, 0.25) is 10.0 Å². The Balaban J connectivity index is 0.00000576. The van der Waals surface area contributed by atoms with Crippen molar-refractivity contribution in [2.24, 2.45) is 4.99 Å². The molecule has 0 aliphatic rings. The number of sulfonamides is 1. The van der Waals surface area contributed by atoms with Gasteiger partial charge in [-0.1, -0.05) is 12.1 Å². The van der Waals surface area contributed by atoms with Crippen LogP contribution in [-0.4, -0.2) is 39.8 Å². The van der Waals surface area contributed by atoms with Crippen LogP contribution in [0.2, 0.25) is 0 Å². The lowest BCUT2D eigenvalue weighted by atomic mass is 10.1. The van der Waals surface area contributed by atoms with Crippen LogP contribution in [-0.2, 0) is 10.0 Å². The molecule has 9 heteroatoms. The fourth-order valence-corrected chi connectivity index (χ4v) is 2.56. The predicted molar refractivity (Wildman–Crippen MR) is 112 cm³/mol. The summed E-state index contributed by atoms with van der Waals surface area (Å²) in [6, 6.07) is 4.98. The second-order valence-corrected chi connectivity index (χ2v) is 7.53. The molecular weight excluding hydrogens is 458 g/mol. The summed E-state index contributed by atoms with van der Waals surface area (Å²) < 4.78 is 38.9. The van der Waals surface area contributed by atoms with Crippen LogP contribution in [0.3, 0.4) is 0 Å². The first kappa shape index (κ1) is 24.1. The molecule has 1 aromatic carbocycles. The van der Waals surface area contributed by atoms with Crippen molar-refractivity contribution < 1.29 is 12.8 Å². The van der Waals surface area contributed by atoms with Crippen molar-refractivity contribution in [1.82, 2.24) is 15.4 Å². The molecule has 3 N–H and O–H groups in total. The van der Waals surface area contributed by atoms with E-state index in [0.717, 1.165) is 5.56 Å². The van der Waals surface area contributed by atoms with Gasteiger partial charge in [-0.25, -0.2) is 17.5 Å². The minimum Gasteiger partial charge on any atom is -0.357 e. The number of nitrogens with zero attached hydrogens (tertiary/aromatic N) is 1. The number of halogens is 2. The first-order chi connectivity index (χ1) is 11.3. The van der Waals surface area contributed by atoms with Crippen LogP contribution in [0.25, 0.3) is 0 Å². The Kier molecular flexibility index (Phi) is 11.2. The smallest absolute Gasteiger partial charge is 0.211 e. The minimum absolute atomic E-state index is 0. The van der Waals surface area contributed by atoms with E-state index in [0.29, 0.717) is 24.6 Å². The number of aliphatic imine (C=N–C) groups is 1. The molecule has 1 aromatic rings. The molecule has 0 aliphatic carbocycles. The van der Waals surface area contributed by atoms with Crippen molar-refractivity contribution in [2.75, 3.05) is 25.4 Å².